The summed E-state index contributed by atoms with van der Waals surface area (Å²) in [6, 6.07) is 7.22. The maximum Gasteiger partial charge on any atom is 0.258 e. The molecule has 5 nitrogen and oxygen atoms in total. The number of pyridine rings is 1. The second kappa shape index (κ2) is 6.35. The van der Waals surface area contributed by atoms with Gasteiger partial charge in [-0.2, -0.15) is 0 Å². The summed E-state index contributed by atoms with van der Waals surface area (Å²) in [6.45, 7) is 3.52. The molecular formula is C14H19ClN4O. The van der Waals surface area contributed by atoms with Crippen LogP contribution in [0.5, 0.6) is 0 Å². The SMILES string of the molecule is Cl.NCC1CCN(Cc2cc(=O)n3ccccc3n2)C1. The van der Waals surface area contributed by atoms with Crippen LogP contribution < -0.4 is 11.3 Å². The average Bonchev–Trinajstić information content (AvgIpc) is 2.86. The van der Waals surface area contributed by atoms with Crippen molar-refractivity contribution in [3.63, 3.8) is 0 Å². The molecule has 1 atom stereocenters. The number of rotatable bonds is 3. The number of likely N-dealkylation sites (tertiary alicyclic amines) is 1. The summed E-state index contributed by atoms with van der Waals surface area (Å²) < 4.78 is 1.57. The van der Waals surface area contributed by atoms with Crippen LogP contribution in [0.3, 0.4) is 0 Å². The Balaban J connectivity index is 0.00000147. The first-order chi connectivity index (χ1) is 9.26. The van der Waals surface area contributed by atoms with Crippen LogP contribution in [0.25, 0.3) is 5.65 Å². The topological polar surface area (TPSA) is 63.6 Å². The maximum absolute atomic E-state index is 12.0. The molecule has 0 radical (unpaired) electrons. The van der Waals surface area contributed by atoms with Crippen molar-refractivity contribution in [3.05, 3.63) is 46.5 Å². The number of aromatic nitrogens is 2. The van der Waals surface area contributed by atoms with Gasteiger partial charge in [-0.15, -0.1) is 12.4 Å². The molecule has 20 heavy (non-hydrogen) atoms. The zero-order chi connectivity index (χ0) is 13.2. The van der Waals surface area contributed by atoms with Gasteiger partial charge in [0.25, 0.3) is 5.56 Å². The predicted octanol–water partition coefficient (Wildman–Crippen LogP) is 0.897. The molecule has 2 aromatic heterocycles. The molecule has 3 heterocycles. The lowest BCUT2D eigenvalue weighted by Gasteiger charge is -2.15. The highest BCUT2D eigenvalue weighted by molar-refractivity contribution is 5.85. The predicted molar refractivity (Wildman–Crippen MR) is 81.1 cm³/mol. The lowest BCUT2D eigenvalue weighted by molar-refractivity contribution is 0.314. The van der Waals surface area contributed by atoms with E-state index in [9.17, 15) is 4.79 Å². The summed E-state index contributed by atoms with van der Waals surface area (Å²) in [7, 11) is 0. The molecule has 0 spiro atoms. The fourth-order valence-electron chi connectivity index (χ4n) is 2.66. The molecule has 0 aliphatic carbocycles. The van der Waals surface area contributed by atoms with Crippen molar-refractivity contribution in [2.45, 2.75) is 13.0 Å². The lowest BCUT2D eigenvalue weighted by atomic mass is 10.1. The summed E-state index contributed by atoms with van der Waals surface area (Å²) in [5.74, 6) is 0.585. The van der Waals surface area contributed by atoms with Gasteiger partial charge in [0.15, 0.2) is 0 Å². The first-order valence-electron chi connectivity index (χ1n) is 6.66. The van der Waals surface area contributed by atoms with Crippen molar-refractivity contribution < 1.29 is 0 Å². The highest BCUT2D eigenvalue weighted by Crippen LogP contribution is 2.16. The van der Waals surface area contributed by atoms with Crippen molar-refractivity contribution in [1.29, 1.82) is 0 Å². The molecule has 108 valence electrons. The first-order valence-corrected chi connectivity index (χ1v) is 6.66. The molecule has 2 N–H and O–H groups in total. The van der Waals surface area contributed by atoms with E-state index in [4.69, 9.17) is 5.73 Å². The van der Waals surface area contributed by atoms with Crippen LogP contribution in [0.15, 0.2) is 35.3 Å². The van der Waals surface area contributed by atoms with Crippen LogP contribution in [-0.4, -0.2) is 33.9 Å². The van der Waals surface area contributed by atoms with E-state index in [0.717, 1.165) is 38.3 Å². The molecular weight excluding hydrogens is 276 g/mol. The van der Waals surface area contributed by atoms with Crippen LogP contribution in [-0.2, 0) is 6.54 Å². The first kappa shape index (κ1) is 15.0. The zero-order valence-corrected chi connectivity index (χ0v) is 12.1. The summed E-state index contributed by atoms with van der Waals surface area (Å²) >= 11 is 0. The smallest absolute Gasteiger partial charge is 0.258 e. The van der Waals surface area contributed by atoms with Crippen molar-refractivity contribution in [2.75, 3.05) is 19.6 Å². The van der Waals surface area contributed by atoms with E-state index in [1.165, 1.54) is 0 Å². The fraction of sp³-hybridized carbons (Fsp3) is 0.429. The Morgan fingerprint density at radius 3 is 3.00 bits per heavy atom. The largest absolute Gasteiger partial charge is 0.330 e. The van der Waals surface area contributed by atoms with Crippen molar-refractivity contribution in [1.82, 2.24) is 14.3 Å². The Morgan fingerprint density at radius 1 is 1.40 bits per heavy atom. The summed E-state index contributed by atoms with van der Waals surface area (Å²) in [6.07, 6.45) is 2.89. The van der Waals surface area contributed by atoms with E-state index in [-0.39, 0.29) is 18.0 Å². The van der Waals surface area contributed by atoms with E-state index in [1.54, 1.807) is 16.7 Å². The number of hydrogen-bond acceptors (Lipinski definition) is 4. The van der Waals surface area contributed by atoms with Gasteiger partial charge in [0.1, 0.15) is 5.65 Å². The summed E-state index contributed by atoms with van der Waals surface area (Å²) in [5, 5.41) is 0. The Hall–Kier alpha value is -1.43. The Labute approximate surface area is 123 Å². The second-order valence-corrected chi connectivity index (χ2v) is 5.14. The van der Waals surface area contributed by atoms with Crippen LogP contribution in [0.4, 0.5) is 0 Å². The quantitative estimate of drug-likeness (QED) is 0.913. The van der Waals surface area contributed by atoms with Crippen LogP contribution >= 0.6 is 12.4 Å². The minimum atomic E-state index is -0.0184. The average molecular weight is 295 g/mol. The number of fused-ring (bicyclic) bond motifs is 1. The summed E-state index contributed by atoms with van der Waals surface area (Å²) in [5.41, 5.74) is 7.22. The standard InChI is InChI=1S/C14H18N4O.ClH/c15-8-11-4-6-17(9-11)10-12-7-14(19)18-5-2-1-3-13(18)16-12;/h1-3,5,7,11H,4,6,8-10,15H2;1H. The highest BCUT2D eigenvalue weighted by atomic mass is 35.5. The number of hydrogen-bond donors (Lipinski definition) is 1. The normalized spacial score (nSPS) is 19.1. The minimum absolute atomic E-state index is 0. The number of nitrogens with two attached hydrogens (primary N) is 1. The zero-order valence-electron chi connectivity index (χ0n) is 11.2. The molecule has 0 bridgehead atoms. The molecule has 1 aliphatic rings. The van der Waals surface area contributed by atoms with Gasteiger partial charge in [-0.25, -0.2) is 4.98 Å². The van der Waals surface area contributed by atoms with Gasteiger partial charge in [-0.3, -0.25) is 14.1 Å². The van der Waals surface area contributed by atoms with Crippen LogP contribution in [0.2, 0.25) is 0 Å². The Bertz CT molecular complexity index is 642. The Morgan fingerprint density at radius 2 is 2.25 bits per heavy atom. The van der Waals surface area contributed by atoms with Crippen LogP contribution in [0.1, 0.15) is 12.1 Å². The third-order valence-electron chi connectivity index (χ3n) is 3.71. The van der Waals surface area contributed by atoms with E-state index in [1.807, 2.05) is 18.2 Å². The van der Waals surface area contributed by atoms with Gasteiger partial charge in [0.05, 0.1) is 5.69 Å². The molecule has 0 saturated carbocycles. The van der Waals surface area contributed by atoms with Gasteiger partial charge in [-0.1, -0.05) is 6.07 Å². The number of halogens is 1. The fourth-order valence-corrected chi connectivity index (χ4v) is 2.66. The van der Waals surface area contributed by atoms with E-state index in [0.29, 0.717) is 11.6 Å². The molecule has 6 heteroatoms. The second-order valence-electron chi connectivity index (χ2n) is 5.14. The van der Waals surface area contributed by atoms with Gasteiger partial charge in [0, 0.05) is 25.4 Å². The molecule has 1 unspecified atom stereocenters. The van der Waals surface area contributed by atoms with Gasteiger partial charge < -0.3 is 5.73 Å². The maximum atomic E-state index is 12.0. The molecule has 1 fully saturated rings. The number of nitrogens with zero attached hydrogens (tertiary/aromatic N) is 3. The van der Waals surface area contributed by atoms with E-state index < -0.39 is 0 Å². The third-order valence-corrected chi connectivity index (χ3v) is 3.71. The summed E-state index contributed by atoms with van der Waals surface area (Å²) in [4.78, 5) is 18.8. The van der Waals surface area contributed by atoms with Gasteiger partial charge >= 0.3 is 0 Å². The molecule has 0 amide bonds. The molecule has 3 rings (SSSR count). The van der Waals surface area contributed by atoms with Gasteiger partial charge in [-0.05, 0) is 37.6 Å². The van der Waals surface area contributed by atoms with E-state index in [2.05, 4.69) is 9.88 Å². The van der Waals surface area contributed by atoms with E-state index >= 15 is 0 Å². The highest BCUT2D eigenvalue weighted by Gasteiger charge is 2.21. The Kier molecular flexibility index (Phi) is 4.75. The molecule has 1 aliphatic heterocycles. The minimum Gasteiger partial charge on any atom is -0.330 e. The van der Waals surface area contributed by atoms with Crippen molar-refractivity contribution in [2.24, 2.45) is 11.7 Å². The lowest BCUT2D eigenvalue weighted by Crippen LogP contribution is -2.25. The molecule has 2 aromatic rings. The van der Waals surface area contributed by atoms with Crippen molar-refractivity contribution >= 4 is 18.1 Å². The third kappa shape index (κ3) is 3.00. The molecule has 0 aromatic carbocycles. The monoisotopic (exact) mass is 294 g/mol. The van der Waals surface area contributed by atoms with Crippen LogP contribution in [0, 0.1) is 5.92 Å². The van der Waals surface area contributed by atoms with Crippen molar-refractivity contribution in [3.8, 4) is 0 Å². The van der Waals surface area contributed by atoms with Gasteiger partial charge in [0.2, 0.25) is 0 Å². The molecule has 1 saturated heterocycles.